The number of aliphatic hydroxyl groups is 1. The van der Waals surface area contributed by atoms with Gasteiger partial charge >= 0.3 is 5.97 Å². The Morgan fingerprint density at radius 1 is 1.90 bits per heavy atom. The molecule has 0 saturated heterocycles. The van der Waals surface area contributed by atoms with E-state index < -0.39 is 24.3 Å². The first-order valence-electron chi connectivity index (χ1n) is 2.68. The van der Waals surface area contributed by atoms with Gasteiger partial charge in [0.25, 0.3) is 0 Å². The number of nitrogens with two attached hydrogens (primary N) is 1. The van der Waals surface area contributed by atoms with E-state index in [0.717, 1.165) is 6.92 Å². The van der Waals surface area contributed by atoms with Crippen LogP contribution in [0, 0.1) is 0 Å². The van der Waals surface area contributed by atoms with Crippen LogP contribution in [0.1, 0.15) is 6.92 Å². The summed E-state index contributed by atoms with van der Waals surface area (Å²) >= 11 is 0. The Bertz CT molecular complexity index is 137. The molecular formula is C5H10FNO3. The fraction of sp³-hybridized carbons (Fsp3) is 0.800. The van der Waals surface area contributed by atoms with Crippen LogP contribution in [0.3, 0.4) is 0 Å². The van der Waals surface area contributed by atoms with Crippen LogP contribution in [0.15, 0.2) is 0 Å². The molecule has 0 heterocycles. The molecule has 0 aliphatic rings. The number of rotatable bonds is 3. The third kappa shape index (κ3) is 1.93. The van der Waals surface area contributed by atoms with Crippen LogP contribution in [0.5, 0.6) is 0 Å². The lowest BCUT2D eigenvalue weighted by molar-refractivity contribution is -0.145. The Kier molecular flexibility index (Phi) is 2.74. The number of aliphatic carboxylic acids is 1. The monoisotopic (exact) mass is 151 g/mol. The molecule has 60 valence electrons. The molecule has 0 aliphatic carbocycles. The molecule has 0 radical (unpaired) electrons. The lowest BCUT2D eigenvalue weighted by Crippen LogP contribution is -2.52. The molecule has 0 aromatic heterocycles. The highest BCUT2D eigenvalue weighted by atomic mass is 19.1. The van der Waals surface area contributed by atoms with Crippen molar-refractivity contribution in [3.63, 3.8) is 0 Å². The van der Waals surface area contributed by atoms with Crippen molar-refractivity contribution in [2.45, 2.75) is 18.6 Å². The van der Waals surface area contributed by atoms with Gasteiger partial charge in [0.15, 0.2) is 0 Å². The summed E-state index contributed by atoms with van der Waals surface area (Å²) in [5.41, 5.74) is 2.95. The van der Waals surface area contributed by atoms with E-state index in [0.29, 0.717) is 0 Å². The molecule has 0 bridgehead atoms. The molecule has 0 saturated carbocycles. The minimum Gasteiger partial charge on any atom is -0.480 e. The first-order chi connectivity index (χ1) is 4.41. The molecule has 0 aromatic carbocycles. The van der Waals surface area contributed by atoms with Crippen LogP contribution in [0.2, 0.25) is 0 Å². The van der Waals surface area contributed by atoms with Crippen molar-refractivity contribution < 1.29 is 19.4 Å². The Labute approximate surface area is 57.5 Å². The maximum absolute atomic E-state index is 11.8. The summed E-state index contributed by atoms with van der Waals surface area (Å²) in [6.45, 7) is -0.133. The Morgan fingerprint density at radius 2 is 2.30 bits per heavy atom. The average Bonchev–Trinajstić information content (AvgIpc) is 1.86. The summed E-state index contributed by atoms with van der Waals surface area (Å²) in [6, 6.07) is -1.57. The summed E-state index contributed by atoms with van der Waals surface area (Å²) in [7, 11) is 0. The van der Waals surface area contributed by atoms with Crippen molar-refractivity contribution >= 4 is 5.97 Å². The molecule has 0 aliphatic heterocycles. The zero-order chi connectivity index (χ0) is 8.36. The lowest BCUT2D eigenvalue weighted by atomic mass is 9.99. The zero-order valence-corrected chi connectivity index (χ0v) is 5.54. The van der Waals surface area contributed by atoms with E-state index in [1.165, 1.54) is 0 Å². The summed E-state index contributed by atoms with van der Waals surface area (Å²) in [4.78, 5) is 10.1. The minimum absolute atomic E-state index is 1.03. The van der Waals surface area contributed by atoms with E-state index in [1.54, 1.807) is 0 Å². The van der Waals surface area contributed by atoms with Crippen molar-refractivity contribution in [1.29, 1.82) is 0 Å². The highest BCUT2D eigenvalue weighted by Crippen LogP contribution is 2.08. The maximum Gasteiger partial charge on any atom is 0.323 e. The van der Waals surface area contributed by atoms with E-state index in [-0.39, 0.29) is 0 Å². The Balaban J connectivity index is 4.17. The molecule has 0 fully saturated rings. The summed E-state index contributed by atoms with van der Waals surface area (Å²) < 4.78 is 11.8. The molecule has 0 amide bonds. The summed E-state index contributed by atoms with van der Waals surface area (Å²) in [5.74, 6) is -1.41. The number of carboxylic acids is 1. The van der Waals surface area contributed by atoms with Crippen molar-refractivity contribution in [3.8, 4) is 0 Å². The molecule has 2 atom stereocenters. The first-order valence-corrected chi connectivity index (χ1v) is 2.68. The van der Waals surface area contributed by atoms with E-state index in [9.17, 15) is 9.18 Å². The molecule has 4 nitrogen and oxygen atoms in total. The normalized spacial score (nSPS) is 19.6. The second-order valence-electron chi connectivity index (χ2n) is 2.31. The second-order valence-corrected chi connectivity index (χ2v) is 2.31. The number of halogens is 1. The van der Waals surface area contributed by atoms with E-state index in [4.69, 9.17) is 15.9 Å². The molecular weight excluding hydrogens is 141 g/mol. The zero-order valence-electron chi connectivity index (χ0n) is 5.54. The molecule has 0 rings (SSSR count). The predicted molar refractivity (Wildman–Crippen MR) is 32.2 cm³/mol. The summed E-state index contributed by atoms with van der Waals surface area (Å²) in [5, 5.41) is 17.1. The van der Waals surface area contributed by atoms with Gasteiger partial charge in [-0.1, -0.05) is 0 Å². The SMILES string of the molecule is C[C@@](O)(CF)[C@@H](N)C(=O)O. The van der Waals surface area contributed by atoms with Gasteiger partial charge in [-0.25, -0.2) is 4.39 Å². The maximum atomic E-state index is 11.8. The van der Waals surface area contributed by atoms with Gasteiger partial charge < -0.3 is 15.9 Å². The van der Waals surface area contributed by atoms with Crippen LogP contribution in [0.4, 0.5) is 4.39 Å². The van der Waals surface area contributed by atoms with Gasteiger partial charge in [0.1, 0.15) is 18.3 Å². The standard InChI is InChI=1S/C5H10FNO3/c1-5(10,2-6)3(7)4(8)9/h3,10H,2,7H2,1H3,(H,8,9)/t3-,5+/m0/s1. The highest BCUT2D eigenvalue weighted by Gasteiger charge is 2.34. The molecule has 0 unspecified atom stereocenters. The second kappa shape index (κ2) is 2.94. The highest BCUT2D eigenvalue weighted by molar-refractivity contribution is 5.74. The Hall–Kier alpha value is -0.680. The number of alkyl halides is 1. The van der Waals surface area contributed by atoms with Crippen molar-refractivity contribution in [3.05, 3.63) is 0 Å². The lowest BCUT2D eigenvalue weighted by Gasteiger charge is -2.22. The van der Waals surface area contributed by atoms with Crippen molar-refractivity contribution in [1.82, 2.24) is 0 Å². The number of carbonyl (C=O) groups is 1. The third-order valence-electron chi connectivity index (χ3n) is 1.21. The molecule has 10 heavy (non-hydrogen) atoms. The van der Waals surface area contributed by atoms with Crippen LogP contribution in [0.25, 0.3) is 0 Å². The average molecular weight is 151 g/mol. The van der Waals surface area contributed by atoms with Gasteiger partial charge in [-0.15, -0.1) is 0 Å². The van der Waals surface area contributed by atoms with Crippen LogP contribution in [-0.4, -0.2) is 34.5 Å². The van der Waals surface area contributed by atoms with Gasteiger partial charge in [-0.2, -0.15) is 0 Å². The van der Waals surface area contributed by atoms with E-state index in [1.807, 2.05) is 0 Å². The summed E-state index contributed by atoms with van der Waals surface area (Å²) in [6.07, 6.45) is 0. The van der Waals surface area contributed by atoms with Crippen LogP contribution >= 0.6 is 0 Å². The molecule has 4 N–H and O–H groups in total. The van der Waals surface area contributed by atoms with Crippen LogP contribution in [-0.2, 0) is 4.79 Å². The van der Waals surface area contributed by atoms with Crippen molar-refractivity contribution in [2.75, 3.05) is 6.67 Å². The number of hydrogen-bond acceptors (Lipinski definition) is 3. The molecule has 5 heteroatoms. The van der Waals surface area contributed by atoms with Gasteiger partial charge in [0.2, 0.25) is 0 Å². The smallest absolute Gasteiger partial charge is 0.323 e. The molecule has 0 aromatic rings. The minimum atomic E-state index is -1.97. The largest absolute Gasteiger partial charge is 0.480 e. The van der Waals surface area contributed by atoms with Gasteiger partial charge in [0.05, 0.1) is 0 Å². The van der Waals surface area contributed by atoms with Gasteiger partial charge in [-0.05, 0) is 6.92 Å². The quantitative estimate of drug-likeness (QED) is 0.489. The Morgan fingerprint density at radius 3 is 2.40 bits per heavy atom. The fourth-order valence-electron chi connectivity index (χ4n) is 0.349. The van der Waals surface area contributed by atoms with Gasteiger partial charge in [0, 0.05) is 0 Å². The van der Waals surface area contributed by atoms with Gasteiger partial charge in [-0.3, -0.25) is 4.79 Å². The topological polar surface area (TPSA) is 83.5 Å². The number of carboxylic acid groups (broad SMARTS) is 1. The van der Waals surface area contributed by atoms with E-state index >= 15 is 0 Å². The fourth-order valence-corrected chi connectivity index (χ4v) is 0.349. The predicted octanol–water partition coefficient (Wildman–Crippen LogP) is -0.881. The molecule has 0 spiro atoms. The first kappa shape index (κ1) is 9.32. The van der Waals surface area contributed by atoms with Crippen molar-refractivity contribution in [2.24, 2.45) is 5.73 Å². The van der Waals surface area contributed by atoms with Crippen LogP contribution < -0.4 is 5.73 Å². The van der Waals surface area contributed by atoms with E-state index in [2.05, 4.69) is 0 Å². The third-order valence-corrected chi connectivity index (χ3v) is 1.21. The number of hydrogen-bond donors (Lipinski definition) is 3.